The molecule has 5 nitrogen and oxygen atoms in total. The van der Waals surface area contributed by atoms with Gasteiger partial charge in [0.25, 0.3) is 0 Å². The molecule has 1 fully saturated rings. The van der Waals surface area contributed by atoms with Crippen LogP contribution in [-0.4, -0.2) is 58.2 Å². The summed E-state index contributed by atoms with van der Waals surface area (Å²) in [5.41, 5.74) is -5.23. The smallest absolute Gasteiger partial charge is 0.379 e. The first-order valence-corrected chi connectivity index (χ1v) is 6.67. The Morgan fingerprint density at radius 3 is 2.35 bits per heavy atom. The number of morpholine rings is 1. The van der Waals surface area contributed by atoms with Gasteiger partial charge in [0.2, 0.25) is 0 Å². The van der Waals surface area contributed by atoms with Gasteiger partial charge in [-0.05, 0) is 13.0 Å². The molecule has 0 spiro atoms. The second-order valence-electron chi connectivity index (χ2n) is 3.65. The van der Waals surface area contributed by atoms with Crippen LogP contribution in [0, 0.1) is 0 Å². The molecule has 0 aromatic heterocycles. The number of nitrogens with zero attached hydrogens (tertiary/aromatic N) is 1. The summed E-state index contributed by atoms with van der Waals surface area (Å²) in [6.07, 6.45) is 0.343. The predicted molar refractivity (Wildman–Crippen MR) is 54.9 cm³/mol. The third kappa shape index (κ3) is 4.78. The van der Waals surface area contributed by atoms with E-state index in [2.05, 4.69) is 0 Å². The highest BCUT2D eigenvalue weighted by Gasteiger charge is 2.45. The molecule has 0 radical (unpaired) electrons. The first kappa shape index (κ1) is 14.7. The standard InChI is InChI=1S/C8H15F3N2O3S/c9-8(10,11)17(14,15)12-2-1-3-13-4-6-16-7-5-13/h12H,1-7H2. The summed E-state index contributed by atoms with van der Waals surface area (Å²) in [4.78, 5) is 2.02. The second-order valence-corrected chi connectivity index (χ2v) is 5.41. The molecule has 1 N–H and O–H groups in total. The molecule has 0 aromatic carbocycles. The van der Waals surface area contributed by atoms with E-state index < -0.39 is 15.5 Å². The number of rotatable bonds is 5. The maximum absolute atomic E-state index is 11.9. The molecular formula is C8H15F3N2O3S. The van der Waals surface area contributed by atoms with Gasteiger partial charge >= 0.3 is 15.5 Å². The van der Waals surface area contributed by atoms with Crippen molar-refractivity contribution in [3.63, 3.8) is 0 Å². The lowest BCUT2D eigenvalue weighted by molar-refractivity contribution is -0.0447. The molecule has 9 heteroatoms. The predicted octanol–water partition coefficient (Wildman–Crippen LogP) is 0.148. The third-order valence-electron chi connectivity index (χ3n) is 2.35. The van der Waals surface area contributed by atoms with Crippen LogP contribution in [0.2, 0.25) is 0 Å². The minimum atomic E-state index is -5.23. The van der Waals surface area contributed by atoms with Crippen molar-refractivity contribution in [3.05, 3.63) is 0 Å². The van der Waals surface area contributed by atoms with Crippen molar-refractivity contribution in [1.29, 1.82) is 0 Å². The molecule has 0 amide bonds. The highest BCUT2D eigenvalue weighted by atomic mass is 32.2. The molecule has 0 bridgehead atoms. The summed E-state index contributed by atoms with van der Waals surface area (Å²) in [5.74, 6) is 0. The molecule has 0 aromatic rings. The average molecular weight is 276 g/mol. The fraction of sp³-hybridized carbons (Fsp3) is 1.00. The summed E-state index contributed by atoms with van der Waals surface area (Å²) in [6, 6.07) is 0. The van der Waals surface area contributed by atoms with Gasteiger partial charge in [-0.3, -0.25) is 4.90 Å². The van der Waals surface area contributed by atoms with Crippen molar-refractivity contribution < 1.29 is 26.3 Å². The van der Waals surface area contributed by atoms with Gasteiger partial charge in [-0.15, -0.1) is 0 Å². The van der Waals surface area contributed by atoms with Crippen LogP contribution >= 0.6 is 0 Å². The van der Waals surface area contributed by atoms with E-state index in [1.165, 1.54) is 4.72 Å². The zero-order valence-corrected chi connectivity index (χ0v) is 9.98. The minimum Gasteiger partial charge on any atom is -0.379 e. The number of hydrogen-bond donors (Lipinski definition) is 1. The van der Waals surface area contributed by atoms with Crippen LogP contribution in [0.1, 0.15) is 6.42 Å². The number of nitrogens with one attached hydrogen (secondary N) is 1. The first-order valence-electron chi connectivity index (χ1n) is 5.19. The Labute approximate surface area is 98.0 Å². The van der Waals surface area contributed by atoms with Gasteiger partial charge in [0.1, 0.15) is 0 Å². The van der Waals surface area contributed by atoms with Gasteiger partial charge in [0.05, 0.1) is 13.2 Å². The SMILES string of the molecule is O=S(=O)(NCCCN1CCOCC1)C(F)(F)F. The van der Waals surface area contributed by atoms with Crippen LogP contribution in [0.15, 0.2) is 0 Å². The third-order valence-corrected chi connectivity index (χ3v) is 3.55. The highest BCUT2D eigenvalue weighted by Crippen LogP contribution is 2.21. The fourth-order valence-electron chi connectivity index (χ4n) is 1.42. The molecule has 1 saturated heterocycles. The van der Waals surface area contributed by atoms with Gasteiger partial charge in [-0.1, -0.05) is 0 Å². The number of hydrogen-bond acceptors (Lipinski definition) is 4. The molecule has 0 atom stereocenters. The number of alkyl halides is 3. The Kier molecular flexibility index (Phi) is 5.17. The summed E-state index contributed by atoms with van der Waals surface area (Å²) in [7, 11) is -5.19. The monoisotopic (exact) mass is 276 g/mol. The van der Waals surface area contributed by atoms with Gasteiger partial charge in [-0.25, -0.2) is 13.1 Å². The number of ether oxygens (including phenoxy) is 1. The van der Waals surface area contributed by atoms with Crippen molar-refractivity contribution in [2.45, 2.75) is 11.9 Å². The molecule has 1 heterocycles. The van der Waals surface area contributed by atoms with E-state index in [0.29, 0.717) is 26.2 Å². The van der Waals surface area contributed by atoms with E-state index in [-0.39, 0.29) is 6.54 Å². The molecule has 17 heavy (non-hydrogen) atoms. The van der Waals surface area contributed by atoms with Crippen LogP contribution in [-0.2, 0) is 14.8 Å². The lowest BCUT2D eigenvalue weighted by Gasteiger charge is -2.26. The molecule has 0 aliphatic carbocycles. The van der Waals surface area contributed by atoms with Crippen molar-refractivity contribution >= 4 is 10.0 Å². The summed E-state index contributed by atoms with van der Waals surface area (Å²) in [5, 5.41) is 0. The maximum Gasteiger partial charge on any atom is 0.511 e. The second kappa shape index (κ2) is 5.98. The molecule has 0 unspecified atom stereocenters. The topological polar surface area (TPSA) is 58.6 Å². The van der Waals surface area contributed by atoms with Gasteiger partial charge in [0.15, 0.2) is 0 Å². The Balaban J connectivity index is 2.19. The highest BCUT2D eigenvalue weighted by molar-refractivity contribution is 7.90. The normalized spacial score (nSPS) is 19.5. The number of halogens is 3. The number of sulfonamides is 1. The molecule has 102 valence electrons. The van der Waals surface area contributed by atoms with E-state index in [0.717, 1.165) is 13.1 Å². The van der Waals surface area contributed by atoms with Crippen molar-refractivity contribution in [1.82, 2.24) is 9.62 Å². The minimum absolute atomic E-state index is 0.209. The molecular weight excluding hydrogens is 261 g/mol. The molecule has 1 aliphatic rings. The molecule has 1 aliphatic heterocycles. The van der Waals surface area contributed by atoms with Crippen LogP contribution < -0.4 is 4.72 Å². The van der Waals surface area contributed by atoms with E-state index in [1.807, 2.05) is 4.90 Å². The molecule has 0 saturated carbocycles. The van der Waals surface area contributed by atoms with E-state index in [9.17, 15) is 21.6 Å². The Bertz CT molecular complexity index is 325. The lowest BCUT2D eigenvalue weighted by atomic mass is 10.3. The quantitative estimate of drug-likeness (QED) is 0.726. The zero-order chi connectivity index (χ0) is 12.9. The Morgan fingerprint density at radius 2 is 1.82 bits per heavy atom. The Morgan fingerprint density at radius 1 is 1.24 bits per heavy atom. The van der Waals surface area contributed by atoms with Crippen LogP contribution in [0.3, 0.4) is 0 Å². The first-order chi connectivity index (χ1) is 7.83. The summed E-state index contributed by atoms with van der Waals surface area (Å²) < 4.78 is 63.7. The van der Waals surface area contributed by atoms with Crippen LogP contribution in [0.5, 0.6) is 0 Å². The van der Waals surface area contributed by atoms with E-state index in [1.54, 1.807) is 0 Å². The summed E-state index contributed by atoms with van der Waals surface area (Å²) in [6.45, 7) is 3.02. The van der Waals surface area contributed by atoms with Crippen LogP contribution in [0.4, 0.5) is 13.2 Å². The van der Waals surface area contributed by atoms with E-state index in [4.69, 9.17) is 4.74 Å². The van der Waals surface area contributed by atoms with Crippen molar-refractivity contribution in [2.24, 2.45) is 0 Å². The Hall–Kier alpha value is -0.380. The van der Waals surface area contributed by atoms with Gasteiger partial charge in [0, 0.05) is 19.6 Å². The largest absolute Gasteiger partial charge is 0.511 e. The van der Waals surface area contributed by atoms with Crippen molar-refractivity contribution in [3.8, 4) is 0 Å². The van der Waals surface area contributed by atoms with E-state index >= 15 is 0 Å². The van der Waals surface area contributed by atoms with Crippen molar-refractivity contribution in [2.75, 3.05) is 39.4 Å². The molecule has 1 rings (SSSR count). The maximum atomic E-state index is 11.9. The fourth-order valence-corrected chi connectivity index (χ4v) is 1.99. The zero-order valence-electron chi connectivity index (χ0n) is 9.16. The van der Waals surface area contributed by atoms with Gasteiger partial charge in [-0.2, -0.15) is 13.2 Å². The average Bonchev–Trinajstić information content (AvgIpc) is 2.24. The van der Waals surface area contributed by atoms with Crippen LogP contribution in [0.25, 0.3) is 0 Å². The van der Waals surface area contributed by atoms with Gasteiger partial charge < -0.3 is 4.74 Å². The summed E-state index contributed by atoms with van der Waals surface area (Å²) >= 11 is 0. The lowest BCUT2D eigenvalue weighted by Crippen LogP contribution is -2.40.